The molecule has 0 atom stereocenters. The summed E-state index contributed by atoms with van der Waals surface area (Å²) in [5.41, 5.74) is 8.68. The molecule has 1 aliphatic carbocycles. The second-order valence-corrected chi connectivity index (χ2v) is 8.03. The molecule has 0 spiro atoms. The Morgan fingerprint density at radius 1 is 1.18 bits per heavy atom. The molecule has 1 saturated carbocycles. The SMILES string of the molecule is Nc1c(C=[NH2+])cc(NC(=O)C(=O)NCC2CC2)cc1-c1cc2ccccc2s1. The van der Waals surface area contributed by atoms with Crippen LogP contribution < -0.4 is 21.8 Å². The molecule has 0 saturated heterocycles. The summed E-state index contributed by atoms with van der Waals surface area (Å²) in [5.74, 6) is -0.827. The minimum absolute atomic E-state index is 0.477. The van der Waals surface area contributed by atoms with Crippen LogP contribution in [0.5, 0.6) is 0 Å². The zero-order valence-electron chi connectivity index (χ0n) is 15.2. The summed E-state index contributed by atoms with van der Waals surface area (Å²) in [6.45, 7) is 0.544. The molecular formula is C21H21N4O2S+. The van der Waals surface area contributed by atoms with Gasteiger partial charge in [-0.25, -0.2) is 0 Å². The number of nitrogen functional groups attached to an aromatic ring is 1. The van der Waals surface area contributed by atoms with E-state index in [1.54, 1.807) is 23.5 Å². The molecule has 7 heteroatoms. The Kier molecular flexibility index (Phi) is 4.83. The number of anilines is 2. The Morgan fingerprint density at radius 3 is 2.68 bits per heavy atom. The highest BCUT2D eigenvalue weighted by Crippen LogP contribution is 2.38. The summed E-state index contributed by atoms with van der Waals surface area (Å²) in [4.78, 5) is 25.2. The molecular weight excluding hydrogens is 372 g/mol. The molecule has 2 amide bonds. The van der Waals surface area contributed by atoms with Crippen molar-refractivity contribution in [3.05, 3.63) is 48.0 Å². The molecule has 1 heterocycles. The van der Waals surface area contributed by atoms with E-state index in [4.69, 9.17) is 11.1 Å². The maximum atomic E-state index is 12.2. The highest BCUT2D eigenvalue weighted by Gasteiger charge is 2.23. The Balaban J connectivity index is 1.62. The zero-order chi connectivity index (χ0) is 19.7. The molecule has 1 aliphatic rings. The van der Waals surface area contributed by atoms with E-state index in [1.165, 1.54) is 6.21 Å². The summed E-state index contributed by atoms with van der Waals surface area (Å²) in [7, 11) is 0. The second kappa shape index (κ2) is 7.44. The van der Waals surface area contributed by atoms with Crippen LogP contribution in [0.1, 0.15) is 18.4 Å². The van der Waals surface area contributed by atoms with E-state index in [-0.39, 0.29) is 0 Å². The monoisotopic (exact) mass is 393 g/mol. The lowest BCUT2D eigenvalue weighted by atomic mass is 10.0. The van der Waals surface area contributed by atoms with Crippen LogP contribution in [0.25, 0.3) is 20.5 Å². The molecule has 3 aromatic rings. The van der Waals surface area contributed by atoms with Crippen molar-refractivity contribution < 1.29 is 15.0 Å². The zero-order valence-corrected chi connectivity index (χ0v) is 16.0. The normalized spacial score (nSPS) is 13.3. The summed E-state index contributed by atoms with van der Waals surface area (Å²) in [6, 6.07) is 13.6. The third kappa shape index (κ3) is 3.75. The van der Waals surface area contributed by atoms with Gasteiger partial charge in [0.25, 0.3) is 0 Å². The summed E-state index contributed by atoms with van der Waals surface area (Å²) in [6.07, 6.45) is 3.61. The molecule has 1 fully saturated rings. The van der Waals surface area contributed by atoms with Gasteiger partial charge in [-0.2, -0.15) is 0 Å². The fourth-order valence-corrected chi connectivity index (χ4v) is 4.12. The lowest BCUT2D eigenvalue weighted by molar-refractivity contribution is -0.136. The number of amides is 2. The third-order valence-corrected chi connectivity index (χ3v) is 5.94. The van der Waals surface area contributed by atoms with E-state index in [0.29, 0.717) is 29.4 Å². The first kappa shape index (κ1) is 18.2. The smallest absolute Gasteiger partial charge is 0.313 e. The van der Waals surface area contributed by atoms with Gasteiger partial charge in [-0.3, -0.25) is 15.0 Å². The molecule has 0 bridgehead atoms. The minimum Gasteiger partial charge on any atom is -0.398 e. The van der Waals surface area contributed by atoms with Crippen molar-refractivity contribution in [2.24, 2.45) is 5.92 Å². The van der Waals surface area contributed by atoms with E-state index in [0.717, 1.165) is 33.4 Å². The van der Waals surface area contributed by atoms with Crippen molar-refractivity contribution in [2.75, 3.05) is 17.6 Å². The maximum absolute atomic E-state index is 12.2. The molecule has 6 N–H and O–H groups in total. The summed E-state index contributed by atoms with van der Waals surface area (Å²) < 4.78 is 1.14. The minimum atomic E-state index is -0.698. The highest BCUT2D eigenvalue weighted by molar-refractivity contribution is 7.22. The lowest BCUT2D eigenvalue weighted by Gasteiger charge is -2.11. The number of hydrogen-bond acceptors (Lipinski definition) is 4. The number of fused-ring (bicyclic) bond motifs is 1. The van der Waals surface area contributed by atoms with Crippen LogP contribution in [0.2, 0.25) is 0 Å². The van der Waals surface area contributed by atoms with E-state index in [1.807, 2.05) is 24.3 Å². The van der Waals surface area contributed by atoms with Gasteiger partial charge in [0, 0.05) is 27.4 Å². The quantitative estimate of drug-likeness (QED) is 0.301. The lowest BCUT2D eigenvalue weighted by Crippen LogP contribution is -2.36. The Morgan fingerprint density at radius 2 is 1.96 bits per heavy atom. The standard InChI is InChI=1S/C21H20N4O2S/c22-10-14-7-15(25-21(27)20(26)24-11-12-5-6-12)9-16(19(14)23)18-8-13-3-1-2-4-17(13)28-18/h1-4,7-10,12,22H,5-6,11,23H2,(H,24,26)(H,25,27)/p+1. The van der Waals surface area contributed by atoms with Crippen LogP contribution in [0.3, 0.4) is 0 Å². The van der Waals surface area contributed by atoms with Gasteiger partial charge in [-0.1, -0.05) is 18.2 Å². The maximum Gasteiger partial charge on any atom is 0.313 e. The van der Waals surface area contributed by atoms with Crippen molar-refractivity contribution in [1.29, 1.82) is 0 Å². The van der Waals surface area contributed by atoms with Gasteiger partial charge in [-0.15, -0.1) is 11.3 Å². The fourth-order valence-electron chi connectivity index (χ4n) is 3.03. The topological polar surface area (TPSA) is 110 Å². The van der Waals surface area contributed by atoms with Gasteiger partial charge in [0.2, 0.25) is 0 Å². The Bertz CT molecular complexity index is 1050. The average Bonchev–Trinajstić information content (AvgIpc) is 3.43. The Labute approximate surface area is 166 Å². The number of nitrogens with one attached hydrogen (secondary N) is 2. The number of nitrogens with two attached hydrogens (primary N) is 2. The van der Waals surface area contributed by atoms with E-state index in [2.05, 4.69) is 16.7 Å². The van der Waals surface area contributed by atoms with Gasteiger partial charge in [0.05, 0.1) is 11.3 Å². The Hall–Kier alpha value is -3.19. The van der Waals surface area contributed by atoms with Gasteiger partial charge in [0.15, 0.2) is 6.21 Å². The first-order valence-corrected chi connectivity index (χ1v) is 9.93. The van der Waals surface area contributed by atoms with Crippen LogP contribution in [0.15, 0.2) is 42.5 Å². The van der Waals surface area contributed by atoms with Crippen LogP contribution in [0, 0.1) is 5.92 Å². The molecule has 2 aromatic carbocycles. The first-order chi connectivity index (χ1) is 13.5. The predicted molar refractivity (Wildman–Crippen MR) is 113 cm³/mol. The van der Waals surface area contributed by atoms with E-state index in [9.17, 15) is 9.59 Å². The number of hydrogen-bond donors (Lipinski definition) is 4. The number of rotatable bonds is 5. The van der Waals surface area contributed by atoms with Crippen molar-refractivity contribution >= 4 is 50.8 Å². The van der Waals surface area contributed by atoms with E-state index >= 15 is 0 Å². The molecule has 4 rings (SSSR count). The van der Waals surface area contributed by atoms with Crippen LogP contribution in [0.4, 0.5) is 11.4 Å². The molecule has 6 nitrogen and oxygen atoms in total. The first-order valence-electron chi connectivity index (χ1n) is 9.11. The van der Waals surface area contributed by atoms with Gasteiger partial charge >= 0.3 is 11.8 Å². The third-order valence-electron chi connectivity index (χ3n) is 4.79. The van der Waals surface area contributed by atoms with Crippen molar-refractivity contribution in [3.8, 4) is 10.4 Å². The fraction of sp³-hybridized carbons (Fsp3) is 0.190. The average molecular weight is 393 g/mol. The molecule has 0 aliphatic heterocycles. The van der Waals surface area contributed by atoms with Crippen LogP contribution >= 0.6 is 11.3 Å². The van der Waals surface area contributed by atoms with Crippen LogP contribution in [-0.4, -0.2) is 24.6 Å². The number of carbonyl (C=O) groups excluding carboxylic acids is 2. The summed E-state index contributed by atoms with van der Waals surface area (Å²) in [5, 5.41) is 12.2. The van der Waals surface area contributed by atoms with Gasteiger partial charge in [-0.05, 0) is 48.4 Å². The molecule has 0 unspecified atom stereocenters. The molecule has 142 valence electrons. The molecule has 1 aromatic heterocycles. The highest BCUT2D eigenvalue weighted by atomic mass is 32.1. The van der Waals surface area contributed by atoms with Crippen molar-refractivity contribution in [3.63, 3.8) is 0 Å². The number of carbonyl (C=O) groups is 2. The molecule has 28 heavy (non-hydrogen) atoms. The second-order valence-electron chi connectivity index (χ2n) is 6.95. The van der Waals surface area contributed by atoms with Crippen LogP contribution in [-0.2, 0) is 9.59 Å². The predicted octanol–water partition coefficient (Wildman–Crippen LogP) is 1.79. The number of thiophene rings is 1. The van der Waals surface area contributed by atoms with Gasteiger partial charge in [0.1, 0.15) is 0 Å². The number of benzene rings is 2. The largest absolute Gasteiger partial charge is 0.398 e. The van der Waals surface area contributed by atoms with Crippen molar-refractivity contribution in [2.45, 2.75) is 12.8 Å². The van der Waals surface area contributed by atoms with Gasteiger partial charge < -0.3 is 16.4 Å². The van der Waals surface area contributed by atoms with E-state index < -0.39 is 11.8 Å². The summed E-state index contributed by atoms with van der Waals surface area (Å²) >= 11 is 1.61. The molecule has 0 radical (unpaired) electrons. The van der Waals surface area contributed by atoms with Crippen molar-refractivity contribution in [1.82, 2.24) is 5.32 Å².